The van der Waals surface area contributed by atoms with Crippen LogP contribution >= 0.6 is 0 Å². The van der Waals surface area contributed by atoms with Crippen molar-refractivity contribution < 1.29 is 22.8 Å². The smallest absolute Gasteiger partial charge is 0.391 e. The van der Waals surface area contributed by atoms with Crippen LogP contribution in [-0.4, -0.2) is 11.6 Å². The van der Waals surface area contributed by atoms with Crippen LogP contribution in [0.4, 0.5) is 18.9 Å². The summed E-state index contributed by atoms with van der Waals surface area (Å²) in [6.45, 7) is 3.08. The highest BCUT2D eigenvalue weighted by Crippen LogP contribution is 2.29. The third-order valence-corrected chi connectivity index (χ3v) is 3.31. The van der Waals surface area contributed by atoms with Gasteiger partial charge in [0, 0.05) is 12.6 Å². The van der Waals surface area contributed by atoms with E-state index in [1.165, 1.54) is 13.0 Å². The van der Waals surface area contributed by atoms with Crippen LogP contribution in [0.15, 0.2) is 53.7 Å². The molecule has 0 aliphatic heterocycles. The van der Waals surface area contributed by atoms with Crippen LogP contribution < -0.4 is 5.32 Å². The number of oxime groups is 1. The largest absolute Gasteiger partial charge is 0.416 e. The van der Waals surface area contributed by atoms with Gasteiger partial charge in [-0.3, -0.25) is 4.79 Å². The molecule has 2 aromatic rings. The van der Waals surface area contributed by atoms with Crippen molar-refractivity contribution in [1.82, 2.24) is 0 Å². The molecule has 1 amide bonds. The third kappa shape index (κ3) is 5.63. The molecule has 0 aliphatic rings. The lowest BCUT2D eigenvalue weighted by Gasteiger charge is -2.08. The van der Waals surface area contributed by atoms with E-state index in [1.807, 2.05) is 0 Å². The second-order valence-electron chi connectivity index (χ2n) is 5.41. The van der Waals surface area contributed by atoms with Gasteiger partial charge in [-0.15, -0.1) is 0 Å². The van der Waals surface area contributed by atoms with E-state index in [0.29, 0.717) is 17.0 Å². The van der Waals surface area contributed by atoms with E-state index in [2.05, 4.69) is 10.5 Å². The first kappa shape index (κ1) is 18.5. The van der Waals surface area contributed by atoms with E-state index in [1.54, 1.807) is 37.3 Å². The fraction of sp³-hybridized carbons (Fsp3) is 0.222. The molecule has 132 valence electrons. The molecule has 4 nitrogen and oxygen atoms in total. The number of carbonyl (C=O) groups is 1. The van der Waals surface area contributed by atoms with E-state index in [4.69, 9.17) is 4.84 Å². The number of hydrogen-bond donors (Lipinski definition) is 1. The summed E-state index contributed by atoms with van der Waals surface area (Å²) in [5, 5.41) is 6.57. The van der Waals surface area contributed by atoms with Crippen LogP contribution in [0, 0.1) is 0 Å². The lowest BCUT2D eigenvalue weighted by Crippen LogP contribution is -2.06. The number of nitrogens with one attached hydrogen (secondary N) is 1. The SMILES string of the molecule is CC(=O)Nc1ccc(C(C)=NOCc2cccc(C(F)(F)F)c2)cc1. The van der Waals surface area contributed by atoms with Gasteiger partial charge in [-0.1, -0.05) is 29.4 Å². The van der Waals surface area contributed by atoms with Crippen LogP contribution in [-0.2, 0) is 22.4 Å². The molecule has 0 saturated heterocycles. The summed E-state index contributed by atoms with van der Waals surface area (Å²) in [6.07, 6.45) is -4.38. The van der Waals surface area contributed by atoms with Crippen molar-refractivity contribution in [3.05, 3.63) is 65.2 Å². The Bertz CT molecular complexity index is 769. The number of benzene rings is 2. The molecule has 0 radical (unpaired) electrons. The molecule has 1 N–H and O–H groups in total. The molecule has 7 heteroatoms. The molecular weight excluding hydrogens is 333 g/mol. The van der Waals surface area contributed by atoms with Gasteiger partial charge < -0.3 is 10.2 Å². The highest BCUT2D eigenvalue weighted by molar-refractivity contribution is 5.99. The molecule has 0 spiro atoms. The van der Waals surface area contributed by atoms with Crippen molar-refractivity contribution >= 4 is 17.3 Å². The van der Waals surface area contributed by atoms with E-state index in [-0.39, 0.29) is 12.5 Å². The zero-order chi connectivity index (χ0) is 18.4. The Labute approximate surface area is 143 Å². The molecule has 0 heterocycles. The molecule has 25 heavy (non-hydrogen) atoms. The van der Waals surface area contributed by atoms with Gasteiger partial charge in [0.15, 0.2) is 0 Å². The molecule has 0 bridgehead atoms. The number of hydrogen-bond acceptors (Lipinski definition) is 3. The molecule has 0 unspecified atom stereocenters. The fourth-order valence-corrected chi connectivity index (χ4v) is 2.09. The quantitative estimate of drug-likeness (QED) is 0.633. The van der Waals surface area contributed by atoms with Crippen LogP contribution in [0.3, 0.4) is 0 Å². The fourth-order valence-electron chi connectivity index (χ4n) is 2.09. The monoisotopic (exact) mass is 350 g/mol. The van der Waals surface area contributed by atoms with Crippen LogP contribution in [0.2, 0.25) is 0 Å². The van der Waals surface area contributed by atoms with Crippen molar-refractivity contribution in [3.8, 4) is 0 Å². The molecule has 0 saturated carbocycles. The van der Waals surface area contributed by atoms with Gasteiger partial charge in [-0.2, -0.15) is 13.2 Å². The predicted molar refractivity (Wildman–Crippen MR) is 89.2 cm³/mol. The Morgan fingerprint density at radius 2 is 1.80 bits per heavy atom. The average Bonchev–Trinajstić information content (AvgIpc) is 2.54. The van der Waals surface area contributed by atoms with E-state index >= 15 is 0 Å². The van der Waals surface area contributed by atoms with Gasteiger partial charge in [-0.05, 0) is 42.3 Å². The summed E-state index contributed by atoms with van der Waals surface area (Å²) in [5.74, 6) is -0.164. The van der Waals surface area contributed by atoms with E-state index < -0.39 is 11.7 Å². The number of alkyl halides is 3. The predicted octanol–water partition coefficient (Wildman–Crippen LogP) is 4.60. The van der Waals surface area contributed by atoms with Gasteiger partial charge >= 0.3 is 6.18 Å². The first-order chi connectivity index (χ1) is 11.8. The molecule has 0 fully saturated rings. The van der Waals surface area contributed by atoms with E-state index in [9.17, 15) is 18.0 Å². The number of carbonyl (C=O) groups excluding carboxylic acids is 1. The third-order valence-electron chi connectivity index (χ3n) is 3.31. The molecular formula is C18H17F3N2O2. The molecule has 0 atom stereocenters. The Hall–Kier alpha value is -2.83. The van der Waals surface area contributed by atoms with Crippen molar-refractivity contribution in [2.45, 2.75) is 26.6 Å². The maximum Gasteiger partial charge on any atom is 0.416 e. The maximum absolute atomic E-state index is 12.7. The number of anilines is 1. The summed E-state index contributed by atoms with van der Waals surface area (Å²) in [7, 11) is 0. The minimum absolute atomic E-state index is 0.0643. The van der Waals surface area contributed by atoms with Gasteiger partial charge in [-0.25, -0.2) is 0 Å². The Kier molecular flexibility index (Phi) is 5.80. The highest BCUT2D eigenvalue weighted by atomic mass is 19.4. The first-order valence-electron chi connectivity index (χ1n) is 7.46. The lowest BCUT2D eigenvalue weighted by molar-refractivity contribution is -0.137. The number of rotatable bonds is 5. The minimum atomic E-state index is -4.38. The minimum Gasteiger partial charge on any atom is -0.391 e. The summed E-state index contributed by atoms with van der Waals surface area (Å²) in [5.41, 5.74) is 1.67. The maximum atomic E-state index is 12.7. The first-order valence-corrected chi connectivity index (χ1v) is 7.46. The van der Waals surface area contributed by atoms with Gasteiger partial charge in [0.25, 0.3) is 0 Å². The van der Waals surface area contributed by atoms with Crippen molar-refractivity contribution in [1.29, 1.82) is 0 Å². The van der Waals surface area contributed by atoms with Crippen molar-refractivity contribution in [2.75, 3.05) is 5.32 Å². The topological polar surface area (TPSA) is 50.7 Å². The Morgan fingerprint density at radius 3 is 2.40 bits per heavy atom. The zero-order valence-corrected chi connectivity index (χ0v) is 13.7. The van der Waals surface area contributed by atoms with Gasteiger partial charge in [0.2, 0.25) is 5.91 Å². The molecule has 2 rings (SSSR count). The van der Waals surface area contributed by atoms with Crippen molar-refractivity contribution in [3.63, 3.8) is 0 Å². The van der Waals surface area contributed by atoms with Crippen LogP contribution in [0.5, 0.6) is 0 Å². The summed E-state index contributed by atoms with van der Waals surface area (Å²) < 4.78 is 38.0. The normalized spacial score (nSPS) is 12.0. The Morgan fingerprint density at radius 1 is 1.12 bits per heavy atom. The highest BCUT2D eigenvalue weighted by Gasteiger charge is 2.30. The second kappa shape index (κ2) is 7.83. The van der Waals surface area contributed by atoms with Gasteiger partial charge in [0.1, 0.15) is 6.61 Å². The van der Waals surface area contributed by atoms with Crippen LogP contribution in [0.25, 0.3) is 0 Å². The number of nitrogens with zero attached hydrogens (tertiary/aromatic N) is 1. The lowest BCUT2D eigenvalue weighted by atomic mass is 10.1. The number of halogens is 3. The summed E-state index contributed by atoms with van der Waals surface area (Å²) in [4.78, 5) is 16.1. The Balaban J connectivity index is 1.98. The summed E-state index contributed by atoms with van der Waals surface area (Å²) >= 11 is 0. The molecule has 0 aliphatic carbocycles. The van der Waals surface area contributed by atoms with Crippen LogP contribution in [0.1, 0.15) is 30.5 Å². The van der Waals surface area contributed by atoms with E-state index in [0.717, 1.165) is 17.7 Å². The summed E-state index contributed by atoms with van der Waals surface area (Å²) in [6, 6.07) is 11.9. The van der Waals surface area contributed by atoms with Crippen molar-refractivity contribution in [2.24, 2.45) is 5.16 Å². The molecule has 0 aromatic heterocycles. The number of amides is 1. The standard InChI is InChI=1S/C18H17F3N2O2/c1-12(15-6-8-17(9-7-15)22-13(2)24)23-25-11-14-4-3-5-16(10-14)18(19,20)21/h3-10H,11H2,1-2H3,(H,22,24). The average molecular weight is 350 g/mol. The van der Waals surface area contributed by atoms with Gasteiger partial charge in [0.05, 0.1) is 11.3 Å². The second-order valence-corrected chi connectivity index (χ2v) is 5.41. The zero-order valence-electron chi connectivity index (χ0n) is 13.7. The molecule has 2 aromatic carbocycles.